The quantitative estimate of drug-likeness (QED) is 0.639. The maximum absolute atomic E-state index is 11.6. The number of rotatable bonds is 8. The Morgan fingerprint density at radius 3 is 2.95 bits per heavy atom. The number of nitrogens with one attached hydrogen (secondary N) is 3. The second-order valence-corrected chi connectivity index (χ2v) is 5.02. The van der Waals surface area contributed by atoms with E-state index in [9.17, 15) is 9.59 Å². The van der Waals surface area contributed by atoms with E-state index in [1.165, 1.54) is 0 Å². The van der Waals surface area contributed by atoms with E-state index in [0.717, 1.165) is 24.2 Å². The highest BCUT2D eigenvalue weighted by Crippen LogP contribution is 2.12. The fraction of sp³-hybridized carbons (Fsp3) is 0.400. The fourth-order valence-corrected chi connectivity index (χ4v) is 1.94. The van der Waals surface area contributed by atoms with Crippen LogP contribution in [0, 0.1) is 6.92 Å². The second kappa shape index (κ2) is 8.02. The van der Waals surface area contributed by atoms with Crippen molar-refractivity contribution in [1.82, 2.24) is 20.5 Å². The number of nitrogens with zero attached hydrogens (tertiary/aromatic N) is 1. The number of amides is 1. The van der Waals surface area contributed by atoms with Gasteiger partial charge in [-0.3, -0.25) is 9.78 Å². The van der Waals surface area contributed by atoms with Gasteiger partial charge in [-0.25, -0.2) is 9.89 Å². The van der Waals surface area contributed by atoms with Gasteiger partial charge in [-0.05, 0) is 37.5 Å². The summed E-state index contributed by atoms with van der Waals surface area (Å²) in [5.41, 5.74) is 0.783. The molecule has 3 N–H and O–H groups in total. The van der Waals surface area contributed by atoms with Gasteiger partial charge in [-0.2, -0.15) is 5.10 Å². The predicted octanol–water partition coefficient (Wildman–Crippen LogP) is 1.27. The van der Waals surface area contributed by atoms with Gasteiger partial charge in [-0.1, -0.05) is 12.1 Å². The molecule has 0 fully saturated rings. The highest BCUT2D eigenvalue weighted by atomic mass is 16.5. The van der Waals surface area contributed by atoms with Crippen molar-refractivity contribution in [1.29, 1.82) is 0 Å². The minimum absolute atomic E-state index is 0.0700. The molecule has 0 radical (unpaired) electrons. The van der Waals surface area contributed by atoms with Crippen molar-refractivity contribution in [3.05, 3.63) is 46.1 Å². The van der Waals surface area contributed by atoms with E-state index in [-0.39, 0.29) is 18.1 Å². The summed E-state index contributed by atoms with van der Waals surface area (Å²) in [6.45, 7) is 2.82. The van der Waals surface area contributed by atoms with Crippen LogP contribution in [0.15, 0.2) is 29.1 Å². The molecule has 1 amide bonds. The zero-order chi connectivity index (χ0) is 15.8. The lowest BCUT2D eigenvalue weighted by molar-refractivity contribution is -0.121. The average Bonchev–Trinajstić information content (AvgIpc) is 2.90. The molecule has 0 aliphatic rings. The molecule has 0 atom stereocenters. The molecule has 2 rings (SSSR count). The maximum atomic E-state index is 11.6. The van der Waals surface area contributed by atoms with Crippen LogP contribution in [0.2, 0.25) is 0 Å². The Morgan fingerprint density at radius 1 is 1.36 bits per heavy atom. The third kappa shape index (κ3) is 5.43. The second-order valence-electron chi connectivity index (χ2n) is 5.02. The molecule has 22 heavy (non-hydrogen) atoms. The van der Waals surface area contributed by atoms with Crippen LogP contribution in [0.25, 0.3) is 0 Å². The van der Waals surface area contributed by atoms with Crippen molar-refractivity contribution in [3.63, 3.8) is 0 Å². The van der Waals surface area contributed by atoms with Gasteiger partial charge in [0, 0.05) is 6.42 Å². The number of carbonyl (C=O) groups is 1. The number of H-pyrrole nitrogens is 2. The van der Waals surface area contributed by atoms with E-state index in [2.05, 4.69) is 20.5 Å². The van der Waals surface area contributed by atoms with E-state index in [1.807, 2.05) is 31.2 Å². The van der Waals surface area contributed by atoms with Gasteiger partial charge in [0.1, 0.15) is 11.6 Å². The van der Waals surface area contributed by atoms with Crippen LogP contribution in [0.5, 0.6) is 5.75 Å². The Kier molecular flexibility index (Phi) is 5.76. The lowest BCUT2D eigenvalue weighted by Gasteiger charge is -2.07. The molecule has 7 nitrogen and oxygen atoms in total. The maximum Gasteiger partial charge on any atom is 0.340 e. The first-order valence-corrected chi connectivity index (χ1v) is 7.23. The summed E-state index contributed by atoms with van der Waals surface area (Å²) in [6.07, 6.45) is 1.97. The Labute approximate surface area is 128 Å². The SMILES string of the molecule is Cc1cccc(OCCCCC(=O)NCc2n[nH]c(=O)[nH]2)c1. The molecule has 7 heteroatoms. The summed E-state index contributed by atoms with van der Waals surface area (Å²) in [4.78, 5) is 24.9. The van der Waals surface area contributed by atoms with Crippen LogP contribution in [0.4, 0.5) is 0 Å². The lowest BCUT2D eigenvalue weighted by atomic mass is 10.2. The molecular formula is C15H20N4O3. The number of unbranched alkanes of at least 4 members (excludes halogenated alkanes) is 1. The lowest BCUT2D eigenvalue weighted by Crippen LogP contribution is -2.23. The highest BCUT2D eigenvalue weighted by molar-refractivity contribution is 5.75. The molecule has 0 aliphatic carbocycles. The number of aromatic nitrogens is 3. The summed E-state index contributed by atoms with van der Waals surface area (Å²) >= 11 is 0. The summed E-state index contributed by atoms with van der Waals surface area (Å²) < 4.78 is 5.62. The average molecular weight is 304 g/mol. The van der Waals surface area contributed by atoms with Gasteiger partial charge >= 0.3 is 5.69 Å². The molecule has 0 saturated carbocycles. The van der Waals surface area contributed by atoms with Crippen molar-refractivity contribution < 1.29 is 9.53 Å². The van der Waals surface area contributed by atoms with E-state index < -0.39 is 0 Å². The number of hydrogen-bond acceptors (Lipinski definition) is 4. The summed E-state index contributed by atoms with van der Waals surface area (Å²) in [5, 5.41) is 8.65. The number of benzene rings is 1. The van der Waals surface area contributed by atoms with Crippen molar-refractivity contribution in [2.75, 3.05) is 6.61 Å². The molecule has 1 aromatic heterocycles. The predicted molar refractivity (Wildman–Crippen MR) is 81.6 cm³/mol. The molecule has 118 valence electrons. The van der Waals surface area contributed by atoms with Gasteiger partial charge in [0.05, 0.1) is 13.2 Å². The first kappa shape index (κ1) is 15.8. The van der Waals surface area contributed by atoms with E-state index in [4.69, 9.17) is 4.74 Å². The fourth-order valence-electron chi connectivity index (χ4n) is 1.94. The molecule has 0 saturated heterocycles. The van der Waals surface area contributed by atoms with Crippen molar-refractivity contribution in [3.8, 4) is 5.75 Å². The Balaban J connectivity index is 1.56. The molecule has 0 aliphatic heterocycles. The normalized spacial score (nSPS) is 10.4. The number of hydrogen-bond donors (Lipinski definition) is 3. The minimum Gasteiger partial charge on any atom is -0.494 e. The largest absolute Gasteiger partial charge is 0.494 e. The zero-order valence-electron chi connectivity index (χ0n) is 12.5. The molecule has 1 heterocycles. The molecule has 0 bridgehead atoms. The van der Waals surface area contributed by atoms with Gasteiger partial charge in [-0.15, -0.1) is 0 Å². The van der Waals surface area contributed by atoms with Crippen LogP contribution in [0.3, 0.4) is 0 Å². The molecular weight excluding hydrogens is 284 g/mol. The number of ether oxygens (including phenoxy) is 1. The summed E-state index contributed by atoms with van der Waals surface area (Å²) in [5.74, 6) is 1.20. The highest BCUT2D eigenvalue weighted by Gasteiger charge is 2.03. The van der Waals surface area contributed by atoms with E-state index >= 15 is 0 Å². The smallest absolute Gasteiger partial charge is 0.340 e. The van der Waals surface area contributed by atoms with Gasteiger partial charge in [0.15, 0.2) is 0 Å². The van der Waals surface area contributed by atoms with Gasteiger partial charge in [0.2, 0.25) is 5.91 Å². The summed E-state index contributed by atoms with van der Waals surface area (Å²) in [6, 6.07) is 7.88. The molecule has 2 aromatic rings. The molecule has 0 spiro atoms. The van der Waals surface area contributed by atoms with Crippen LogP contribution < -0.4 is 15.7 Å². The van der Waals surface area contributed by atoms with Crippen LogP contribution >= 0.6 is 0 Å². The Bertz CT molecular complexity index is 663. The third-order valence-electron chi connectivity index (χ3n) is 3.06. The molecule has 1 aromatic carbocycles. The topological polar surface area (TPSA) is 99.9 Å². The monoisotopic (exact) mass is 304 g/mol. The van der Waals surface area contributed by atoms with E-state index in [0.29, 0.717) is 18.9 Å². The third-order valence-corrected chi connectivity index (χ3v) is 3.06. The van der Waals surface area contributed by atoms with Crippen LogP contribution in [-0.4, -0.2) is 27.7 Å². The summed E-state index contributed by atoms with van der Waals surface area (Å²) in [7, 11) is 0. The van der Waals surface area contributed by atoms with Crippen LogP contribution in [-0.2, 0) is 11.3 Å². The van der Waals surface area contributed by atoms with Gasteiger partial charge < -0.3 is 10.1 Å². The van der Waals surface area contributed by atoms with E-state index in [1.54, 1.807) is 0 Å². The molecule has 0 unspecified atom stereocenters. The first-order valence-electron chi connectivity index (χ1n) is 7.23. The zero-order valence-corrected chi connectivity index (χ0v) is 12.5. The van der Waals surface area contributed by atoms with Crippen molar-refractivity contribution in [2.45, 2.75) is 32.7 Å². The standard InChI is InChI=1S/C15H20N4O3/c1-11-5-4-6-12(9-11)22-8-3-2-7-14(20)16-10-13-17-15(21)19-18-13/h4-6,9H,2-3,7-8,10H2,1H3,(H,16,20)(H2,17,18,19,21). The Hall–Kier alpha value is -2.57. The van der Waals surface area contributed by atoms with Crippen molar-refractivity contribution >= 4 is 5.91 Å². The number of aryl methyl sites for hydroxylation is 1. The van der Waals surface area contributed by atoms with Gasteiger partial charge in [0.25, 0.3) is 0 Å². The van der Waals surface area contributed by atoms with Crippen LogP contribution in [0.1, 0.15) is 30.7 Å². The Morgan fingerprint density at radius 2 is 2.23 bits per heavy atom. The minimum atomic E-state index is -0.377. The van der Waals surface area contributed by atoms with Crippen molar-refractivity contribution in [2.24, 2.45) is 0 Å². The number of aromatic amines is 2. The number of carbonyl (C=O) groups excluding carboxylic acids is 1. The first-order chi connectivity index (χ1) is 10.6.